The van der Waals surface area contributed by atoms with Crippen molar-refractivity contribution in [3.05, 3.63) is 24.0 Å². The molecular weight excluding hydrogens is 156 g/mol. The summed E-state index contributed by atoms with van der Waals surface area (Å²) in [6.07, 6.45) is 2.93. The van der Waals surface area contributed by atoms with Crippen LogP contribution in [-0.2, 0) is 0 Å². The highest BCUT2D eigenvalue weighted by atomic mass is 16.3. The number of nitrogens with one attached hydrogen (secondary N) is 1. The van der Waals surface area contributed by atoms with Gasteiger partial charge in [-0.2, -0.15) is 0 Å². The molecule has 66 valence electrons. The van der Waals surface area contributed by atoms with Crippen LogP contribution in [0.4, 0.5) is 0 Å². The normalized spacial score (nSPS) is 12.8. The smallest absolute Gasteiger partial charge is 0.138 e. The SMILES string of the molecule is CNC(CO)c1ccncc1O. The van der Waals surface area contributed by atoms with E-state index in [-0.39, 0.29) is 18.4 Å². The molecule has 0 radical (unpaired) electrons. The highest BCUT2D eigenvalue weighted by Crippen LogP contribution is 2.21. The van der Waals surface area contributed by atoms with Crippen molar-refractivity contribution >= 4 is 0 Å². The zero-order chi connectivity index (χ0) is 8.97. The Morgan fingerprint density at radius 2 is 2.42 bits per heavy atom. The van der Waals surface area contributed by atoms with E-state index in [9.17, 15) is 5.11 Å². The molecule has 0 spiro atoms. The molecule has 0 saturated heterocycles. The first kappa shape index (κ1) is 8.96. The van der Waals surface area contributed by atoms with Crippen molar-refractivity contribution in [1.29, 1.82) is 0 Å². The van der Waals surface area contributed by atoms with Crippen LogP contribution in [0, 0.1) is 0 Å². The van der Waals surface area contributed by atoms with Crippen molar-refractivity contribution in [2.75, 3.05) is 13.7 Å². The highest BCUT2D eigenvalue weighted by molar-refractivity contribution is 5.31. The van der Waals surface area contributed by atoms with Gasteiger partial charge in [0.05, 0.1) is 18.8 Å². The fourth-order valence-corrected chi connectivity index (χ4v) is 1.04. The van der Waals surface area contributed by atoms with Crippen LogP contribution in [-0.4, -0.2) is 28.9 Å². The molecule has 1 aromatic rings. The Labute approximate surface area is 70.9 Å². The number of aliphatic hydroxyl groups is 1. The minimum absolute atomic E-state index is 0.0475. The Morgan fingerprint density at radius 3 is 2.92 bits per heavy atom. The van der Waals surface area contributed by atoms with Gasteiger partial charge in [0, 0.05) is 11.8 Å². The van der Waals surface area contributed by atoms with Crippen molar-refractivity contribution in [1.82, 2.24) is 10.3 Å². The highest BCUT2D eigenvalue weighted by Gasteiger charge is 2.10. The zero-order valence-corrected chi connectivity index (χ0v) is 6.86. The maximum Gasteiger partial charge on any atom is 0.138 e. The lowest BCUT2D eigenvalue weighted by Gasteiger charge is -2.13. The van der Waals surface area contributed by atoms with Gasteiger partial charge in [0.1, 0.15) is 5.75 Å². The molecule has 12 heavy (non-hydrogen) atoms. The van der Waals surface area contributed by atoms with Gasteiger partial charge in [0.25, 0.3) is 0 Å². The van der Waals surface area contributed by atoms with Gasteiger partial charge >= 0.3 is 0 Å². The van der Waals surface area contributed by atoms with E-state index in [1.807, 2.05) is 0 Å². The van der Waals surface area contributed by atoms with E-state index in [1.54, 1.807) is 19.3 Å². The fraction of sp³-hybridized carbons (Fsp3) is 0.375. The lowest BCUT2D eigenvalue weighted by Crippen LogP contribution is -2.19. The van der Waals surface area contributed by atoms with Gasteiger partial charge < -0.3 is 15.5 Å². The summed E-state index contributed by atoms with van der Waals surface area (Å²) in [6.45, 7) is -0.0475. The predicted octanol–water partition coefficient (Wildman–Crippen LogP) is 0.0400. The second-order valence-corrected chi connectivity index (χ2v) is 2.46. The van der Waals surface area contributed by atoms with Crippen LogP contribution in [0.2, 0.25) is 0 Å². The van der Waals surface area contributed by atoms with Gasteiger partial charge in [0.2, 0.25) is 0 Å². The van der Waals surface area contributed by atoms with Gasteiger partial charge in [-0.05, 0) is 13.1 Å². The standard InChI is InChI=1S/C8H12N2O2/c1-9-7(5-11)6-2-3-10-4-8(6)12/h2-4,7,9,11-12H,5H2,1H3. The molecule has 1 heterocycles. The lowest BCUT2D eigenvalue weighted by molar-refractivity contribution is 0.248. The Balaban J connectivity index is 2.92. The second kappa shape index (κ2) is 4.04. The molecule has 0 aromatic carbocycles. The summed E-state index contributed by atoms with van der Waals surface area (Å²) in [7, 11) is 1.72. The van der Waals surface area contributed by atoms with E-state index in [4.69, 9.17) is 5.11 Å². The number of hydrogen-bond donors (Lipinski definition) is 3. The molecule has 0 aliphatic heterocycles. The quantitative estimate of drug-likeness (QED) is 0.596. The molecule has 1 atom stereocenters. The molecule has 0 amide bonds. The number of rotatable bonds is 3. The molecule has 4 nitrogen and oxygen atoms in total. The van der Waals surface area contributed by atoms with Crippen LogP contribution in [0.1, 0.15) is 11.6 Å². The third kappa shape index (κ3) is 1.72. The minimum Gasteiger partial charge on any atom is -0.506 e. The number of pyridine rings is 1. The van der Waals surface area contributed by atoms with Crippen molar-refractivity contribution in [3.8, 4) is 5.75 Å². The summed E-state index contributed by atoms with van der Waals surface area (Å²) < 4.78 is 0. The number of nitrogens with zero attached hydrogens (tertiary/aromatic N) is 1. The van der Waals surface area contributed by atoms with Crippen LogP contribution < -0.4 is 5.32 Å². The van der Waals surface area contributed by atoms with Gasteiger partial charge in [0.15, 0.2) is 0 Å². The molecule has 1 aromatic heterocycles. The molecule has 1 unspecified atom stereocenters. The summed E-state index contributed by atoms with van der Waals surface area (Å²) in [5.41, 5.74) is 0.662. The van der Waals surface area contributed by atoms with Crippen molar-refractivity contribution in [2.24, 2.45) is 0 Å². The number of likely N-dealkylation sites (N-methyl/N-ethyl adjacent to an activating group) is 1. The molecule has 0 aliphatic rings. The van der Waals surface area contributed by atoms with Crippen molar-refractivity contribution < 1.29 is 10.2 Å². The average molecular weight is 168 g/mol. The summed E-state index contributed by atoms with van der Waals surface area (Å²) in [5.74, 6) is 0.103. The maximum atomic E-state index is 9.33. The molecule has 4 heteroatoms. The molecule has 3 N–H and O–H groups in total. The van der Waals surface area contributed by atoms with Gasteiger partial charge in [-0.25, -0.2) is 0 Å². The number of aromatic hydroxyl groups is 1. The molecule has 0 bridgehead atoms. The third-order valence-corrected chi connectivity index (χ3v) is 1.74. The molecular formula is C8H12N2O2. The first-order valence-corrected chi connectivity index (χ1v) is 3.70. The van der Waals surface area contributed by atoms with E-state index in [0.29, 0.717) is 5.56 Å². The zero-order valence-electron chi connectivity index (χ0n) is 6.86. The van der Waals surface area contributed by atoms with E-state index in [1.165, 1.54) is 6.20 Å². The Morgan fingerprint density at radius 1 is 1.67 bits per heavy atom. The summed E-state index contributed by atoms with van der Waals surface area (Å²) >= 11 is 0. The van der Waals surface area contributed by atoms with Crippen LogP contribution in [0.5, 0.6) is 5.75 Å². The Bertz CT molecular complexity index is 249. The van der Waals surface area contributed by atoms with Crippen LogP contribution in [0.3, 0.4) is 0 Å². The van der Waals surface area contributed by atoms with E-state index < -0.39 is 0 Å². The van der Waals surface area contributed by atoms with Gasteiger partial charge in [-0.3, -0.25) is 4.98 Å². The Hall–Kier alpha value is -1.13. The van der Waals surface area contributed by atoms with Crippen LogP contribution >= 0.6 is 0 Å². The maximum absolute atomic E-state index is 9.33. The molecule has 1 rings (SSSR count). The topological polar surface area (TPSA) is 65.4 Å². The molecule has 0 saturated carbocycles. The monoisotopic (exact) mass is 168 g/mol. The first-order chi connectivity index (χ1) is 5.79. The van der Waals surface area contributed by atoms with Crippen molar-refractivity contribution in [2.45, 2.75) is 6.04 Å². The fourth-order valence-electron chi connectivity index (χ4n) is 1.04. The van der Waals surface area contributed by atoms with Crippen LogP contribution in [0.25, 0.3) is 0 Å². The van der Waals surface area contributed by atoms with E-state index >= 15 is 0 Å². The number of aliphatic hydroxyl groups excluding tert-OH is 1. The number of hydrogen-bond acceptors (Lipinski definition) is 4. The molecule has 0 fully saturated rings. The van der Waals surface area contributed by atoms with E-state index in [2.05, 4.69) is 10.3 Å². The first-order valence-electron chi connectivity index (χ1n) is 3.70. The largest absolute Gasteiger partial charge is 0.506 e. The van der Waals surface area contributed by atoms with Gasteiger partial charge in [-0.1, -0.05) is 0 Å². The molecule has 0 aliphatic carbocycles. The van der Waals surface area contributed by atoms with Crippen LogP contribution in [0.15, 0.2) is 18.5 Å². The summed E-state index contributed by atoms with van der Waals surface area (Å²) in [4.78, 5) is 3.74. The van der Waals surface area contributed by atoms with E-state index in [0.717, 1.165) is 0 Å². The minimum atomic E-state index is -0.229. The Kier molecular flexibility index (Phi) is 3.01. The second-order valence-electron chi connectivity index (χ2n) is 2.46. The summed E-state index contributed by atoms with van der Waals surface area (Å²) in [6, 6.07) is 1.44. The van der Waals surface area contributed by atoms with Crippen molar-refractivity contribution in [3.63, 3.8) is 0 Å². The predicted molar refractivity (Wildman–Crippen MR) is 44.8 cm³/mol. The summed E-state index contributed by atoms with van der Waals surface area (Å²) in [5, 5.41) is 21.1. The lowest BCUT2D eigenvalue weighted by atomic mass is 10.1. The third-order valence-electron chi connectivity index (χ3n) is 1.74. The average Bonchev–Trinajstić information content (AvgIpc) is 2.10. The number of aromatic nitrogens is 1. The van der Waals surface area contributed by atoms with Gasteiger partial charge in [-0.15, -0.1) is 0 Å².